The van der Waals surface area contributed by atoms with Gasteiger partial charge in [0.05, 0.1) is 3.79 Å². The summed E-state index contributed by atoms with van der Waals surface area (Å²) < 4.78 is 27.4. The summed E-state index contributed by atoms with van der Waals surface area (Å²) in [5, 5.41) is 9.58. The molecule has 2 aromatic rings. The van der Waals surface area contributed by atoms with Crippen LogP contribution in [-0.4, -0.2) is 20.1 Å². The van der Waals surface area contributed by atoms with Gasteiger partial charge in [0, 0.05) is 6.54 Å². The Kier molecular flexibility index (Phi) is 4.62. The largest absolute Gasteiger partial charge is 0.508 e. The number of phenolic OH excluding ortho intramolecular Hbond substituents is 1. The second-order valence-corrected chi connectivity index (χ2v) is 8.29. The van der Waals surface area contributed by atoms with Crippen molar-refractivity contribution in [2.45, 2.75) is 10.6 Å². The normalized spacial score (nSPS) is 11.6. The number of hydrogen-bond donors (Lipinski definition) is 2. The highest BCUT2D eigenvalue weighted by Gasteiger charge is 2.15. The summed E-state index contributed by atoms with van der Waals surface area (Å²) in [5.74, 6) is 0.181. The van der Waals surface area contributed by atoms with E-state index >= 15 is 0 Å². The minimum atomic E-state index is -3.47. The van der Waals surface area contributed by atoms with Crippen LogP contribution in [0.1, 0.15) is 5.56 Å². The monoisotopic (exact) mass is 361 g/mol. The Labute approximate surface area is 124 Å². The number of hydrogen-bond acceptors (Lipinski definition) is 4. The van der Waals surface area contributed by atoms with E-state index in [1.165, 1.54) is 0 Å². The maximum absolute atomic E-state index is 11.9. The van der Waals surface area contributed by atoms with E-state index in [0.29, 0.717) is 6.42 Å². The molecule has 1 aromatic carbocycles. The molecule has 1 heterocycles. The van der Waals surface area contributed by atoms with Crippen molar-refractivity contribution in [3.63, 3.8) is 0 Å². The van der Waals surface area contributed by atoms with E-state index in [0.717, 1.165) is 20.7 Å². The van der Waals surface area contributed by atoms with Crippen molar-refractivity contribution in [2.24, 2.45) is 0 Å². The lowest BCUT2D eigenvalue weighted by Crippen LogP contribution is -2.25. The van der Waals surface area contributed by atoms with Gasteiger partial charge in [-0.25, -0.2) is 13.1 Å². The molecule has 2 rings (SSSR count). The summed E-state index contributed by atoms with van der Waals surface area (Å²) in [6, 6.07) is 10.1. The Hall–Kier alpha value is -0.890. The van der Waals surface area contributed by atoms with Crippen molar-refractivity contribution in [3.8, 4) is 5.75 Å². The number of aromatic hydroxyl groups is 1. The molecule has 0 saturated carbocycles. The van der Waals surface area contributed by atoms with Crippen LogP contribution >= 0.6 is 27.3 Å². The first-order valence-electron chi connectivity index (χ1n) is 5.51. The van der Waals surface area contributed by atoms with E-state index in [4.69, 9.17) is 0 Å². The summed E-state index contributed by atoms with van der Waals surface area (Å²) in [6.07, 6.45) is 0.443. The first kappa shape index (κ1) is 14.5. The predicted molar refractivity (Wildman–Crippen MR) is 79.0 cm³/mol. The van der Waals surface area contributed by atoms with Gasteiger partial charge in [-0.2, -0.15) is 0 Å². The van der Waals surface area contributed by atoms with Crippen LogP contribution in [0.2, 0.25) is 0 Å². The summed E-state index contributed by atoms with van der Waals surface area (Å²) >= 11 is 4.39. The fourth-order valence-corrected chi connectivity index (χ4v) is 4.64. The molecule has 0 aliphatic carbocycles. The molecule has 7 heteroatoms. The summed E-state index contributed by atoms with van der Waals surface area (Å²) in [5.41, 5.74) is 0.720. The average molecular weight is 362 g/mol. The van der Waals surface area contributed by atoms with Gasteiger partial charge >= 0.3 is 0 Å². The minimum Gasteiger partial charge on any atom is -0.508 e. The van der Waals surface area contributed by atoms with Gasteiger partial charge in [0.2, 0.25) is 10.0 Å². The van der Waals surface area contributed by atoms with Crippen LogP contribution in [-0.2, 0) is 16.4 Å². The van der Waals surface area contributed by atoms with Gasteiger partial charge in [-0.05, 0) is 46.1 Å². The first-order valence-corrected chi connectivity index (χ1v) is 8.60. The van der Waals surface area contributed by atoms with E-state index in [9.17, 15) is 13.5 Å². The van der Waals surface area contributed by atoms with Crippen molar-refractivity contribution in [1.29, 1.82) is 0 Å². The highest BCUT2D eigenvalue weighted by Crippen LogP contribution is 2.25. The van der Waals surface area contributed by atoms with Crippen LogP contribution in [0.3, 0.4) is 0 Å². The molecule has 0 unspecified atom stereocenters. The number of sulfonamides is 1. The van der Waals surface area contributed by atoms with Crippen LogP contribution in [0.4, 0.5) is 0 Å². The highest BCUT2D eigenvalue weighted by atomic mass is 79.9. The zero-order chi connectivity index (χ0) is 13.9. The predicted octanol–water partition coefficient (Wildman–Crippen LogP) is 2.74. The summed E-state index contributed by atoms with van der Waals surface area (Å²) in [6.45, 7) is 0.245. The van der Waals surface area contributed by atoms with E-state index in [1.54, 1.807) is 36.4 Å². The van der Waals surface area contributed by atoms with Gasteiger partial charge in [-0.1, -0.05) is 18.2 Å². The maximum atomic E-state index is 11.9. The Morgan fingerprint density at radius 2 is 1.95 bits per heavy atom. The molecule has 4 nitrogen and oxygen atoms in total. The molecular weight excluding hydrogens is 350 g/mol. The van der Waals surface area contributed by atoms with Gasteiger partial charge in [0.1, 0.15) is 9.96 Å². The van der Waals surface area contributed by atoms with E-state index < -0.39 is 10.0 Å². The number of benzene rings is 1. The van der Waals surface area contributed by atoms with Crippen molar-refractivity contribution < 1.29 is 13.5 Å². The molecule has 102 valence electrons. The van der Waals surface area contributed by atoms with Crippen LogP contribution < -0.4 is 4.72 Å². The standard InChI is InChI=1S/C12H12BrNO3S2/c13-11-5-6-12(18-11)19(16,17)14-8-7-9-3-1-2-4-10(9)15/h1-6,14-15H,7-8H2. The lowest BCUT2D eigenvalue weighted by atomic mass is 10.1. The number of phenols is 1. The Balaban J connectivity index is 1.98. The van der Waals surface area contributed by atoms with Gasteiger partial charge in [-0.3, -0.25) is 0 Å². The van der Waals surface area contributed by atoms with E-state index in [-0.39, 0.29) is 16.5 Å². The molecule has 0 bridgehead atoms. The SMILES string of the molecule is O=S(=O)(NCCc1ccccc1O)c1ccc(Br)s1. The van der Waals surface area contributed by atoms with Gasteiger partial charge in [0.25, 0.3) is 0 Å². The minimum absolute atomic E-state index is 0.181. The number of thiophene rings is 1. The zero-order valence-corrected chi connectivity index (χ0v) is 13.1. The van der Waals surface area contributed by atoms with Crippen LogP contribution in [0.15, 0.2) is 44.4 Å². The molecule has 0 saturated heterocycles. The van der Waals surface area contributed by atoms with Gasteiger partial charge in [-0.15, -0.1) is 11.3 Å². The molecule has 0 spiro atoms. The lowest BCUT2D eigenvalue weighted by Gasteiger charge is -2.06. The lowest BCUT2D eigenvalue weighted by molar-refractivity contribution is 0.467. The van der Waals surface area contributed by atoms with Crippen molar-refractivity contribution in [1.82, 2.24) is 4.72 Å². The fourth-order valence-electron chi connectivity index (χ4n) is 1.56. The molecule has 0 aliphatic rings. The third-order valence-electron chi connectivity index (χ3n) is 2.49. The molecule has 19 heavy (non-hydrogen) atoms. The zero-order valence-electron chi connectivity index (χ0n) is 9.84. The van der Waals surface area contributed by atoms with Crippen molar-refractivity contribution in [3.05, 3.63) is 45.7 Å². The number of nitrogens with one attached hydrogen (secondary N) is 1. The molecule has 0 fully saturated rings. The van der Waals surface area contributed by atoms with Crippen molar-refractivity contribution in [2.75, 3.05) is 6.54 Å². The molecular formula is C12H12BrNO3S2. The Morgan fingerprint density at radius 3 is 2.58 bits per heavy atom. The van der Waals surface area contributed by atoms with Gasteiger partial charge < -0.3 is 5.11 Å². The fraction of sp³-hybridized carbons (Fsp3) is 0.167. The van der Waals surface area contributed by atoms with Crippen LogP contribution in [0, 0.1) is 0 Å². The number of para-hydroxylation sites is 1. The molecule has 1 aromatic heterocycles. The molecule has 0 amide bonds. The molecule has 0 aliphatic heterocycles. The van der Waals surface area contributed by atoms with Crippen molar-refractivity contribution >= 4 is 37.3 Å². The highest BCUT2D eigenvalue weighted by molar-refractivity contribution is 9.11. The third kappa shape index (κ3) is 3.79. The topological polar surface area (TPSA) is 66.4 Å². The van der Waals surface area contributed by atoms with Crippen LogP contribution in [0.5, 0.6) is 5.75 Å². The molecule has 0 atom stereocenters. The second kappa shape index (κ2) is 6.04. The second-order valence-electron chi connectivity index (χ2n) is 3.84. The quantitative estimate of drug-likeness (QED) is 0.860. The smallest absolute Gasteiger partial charge is 0.250 e. The first-order chi connectivity index (χ1) is 8.99. The van der Waals surface area contributed by atoms with Crippen LogP contribution in [0.25, 0.3) is 0 Å². The molecule has 2 N–H and O–H groups in total. The maximum Gasteiger partial charge on any atom is 0.250 e. The Morgan fingerprint density at radius 1 is 1.21 bits per heavy atom. The average Bonchev–Trinajstić information content (AvgIpc) is 2.79. The van der Waals surface area contributed by atoms with E-state index in [2.05, 4.69) is 20.7 Å². The summed E-state index contributed by atoms with van der Waals surface area (Å²) in [7, 11) is -3.47. The van der Waals surface area contributed by atoms with E-state index in [1.807, 2.05) is 0 Å². The Bertz CT molecular complexity index is 667. The summed E-state index contributed by atoms with van der Waals surface area (Å²) in [4.78, 5) is 0. The number of rotatable bonds is 5. The molecule has 0 radical (unpaired) electrons. The number of halogens is 1. The third-order valence-corrected chi connectivity index (χ3v) is 6.07. The van der Waals surface area contributed by atoms with Gasteiger partial charge in [0.15, 0.2) is 0 Å².